The number of benzene rings is 1. The first-order valence-electron chi connectivity index (χ1n) is 5.73. The zero-order valence-electron chi connectivity index (χ0n) is 10.1. The van der Waals surface area contributed by atoms with Gasteiger partial charge >= 0.3 is 0 Å². The Morgan fingerprint density at radius 2 is 2.33 bits per heavy atom. The molecule has 0 aliphatic rings. The minimum atomic E-state index is -0.550. The third-order valence-corrected chi connectivity index (χ3v) is 3.08. The first-order valence-corrected chi connectivity index (χ1v) is 6.52. The fraction of sp³-hybridized carbons (Fsp3) is 0.308. The van der Waals surface area contributed by atoms with Gasteiger partial charge in [0.15, 0.2) is 0 Å². The van der Waals surface area contributed by atoms with E-state index in [1.807, 2.05) is 29.0 Å². The molecule has 2 aromatic rings. The second-order valence-corrected chi connectivity index (χ2v) is 4.92. The number of aliphatic hydroxyl groups is 1. The van der Waals surface area contributed by atoms with Crippen LogP contribution in [0, 0.1) is 0 Å². The molecule has 0 aliphatic heterocycles. The molecular weight excluding hydrogens is 296 g/mol. The van der Waals surface area contributed by atoms with Crippen LogP contribution in [-0.4, -0.2) is 21.3 Å². The monoisotopic (exact) mass is 310 g/mol. The highest BCUT2D eigenvalue weighted by Gasteiger charge is 2.09. The van der Waals surface area contributed by atoms with Crippen molar-refractivity contribution in [3.8, 4) is 5.75 Å². The van der Waals surface area contributed by atoms with Crippen LogP contribution in [0.3, 0.4) is 0 Å². The minimum Gasteiger partial charge on any atom is -0.491 e. The van der Waals surface area contributed by atoms with Crippen LogP contribution in [0.5, 0.6) is 5.75 Å². The number of ether oxygens (including phenoxy) is 1. The van der Waals surface area contributed by atoms with Crippen LogP contribution in [0.25, 0.3) is 0 Å². The van der Waals surface area contributed by atoms with Gasteiger partial charge in [-0.05, 0) is 25.1 Å². The molecule has 0 saturated heterocycles. The third kappa shape index (κ3) is 3.34. The van der Waals surface area contributed by atoms with Gasteiger partial charge in [0, 0.05) is 22.4 Å². The van der Waals surface area contributed by atoms with Crippen molar-refractivity contribution in [2.75, 3.05) is 6.61 Å². The fourth-order valence-corrected chi connectivity index (χ4v) is 2.04. The Morgan fingerprint density at radius 3 is 3.00 bits per heavy atom. The average molecular weight is 311 g/mol. The molecule has 1 N–H and O–H groups in total. The second-order valence-electron chi connectivity index (χ2n) is 4.01. The van der Waals surface area contributed by atoms with Crippen LogP contribution in [0.4, 0.5) is 0 Å². The lowest BCUT2D eigenvalue weighted by Crippen LogP contribution is -2.08. The molecule has 0 saturated carbocycles. The standard InChI is InChI=1S/C13H15BrN2O2/c1-10(17)12-8-11(14)2-3-13(12)18-7-6-16-5-4-15-9-16/h2-5,8-10,17H,6-7H2,1H3. The Labute approximate surface area is 114 Å². The van der Waals surface area contributed by atoms with Gasteiger partial charge in [-0.2, -0.15) is 0 Å². The molecule has 0 bridgehead atoms. The quantitative estimate of drug-likeness (QED) is 0.923. The van der Waals surface area contributed by atoms with Crippen molar-refractivity contribution in [1.82, 2.24) is 9.55 Å². The molecule has 5 heteroatoms. The van der Waals surface area contributed by atoms with Crippen LogP contribution >= 0.6 is 15.9 Å². The van der Waals surface area contributed by atoms with E-state index >= 15 is 0 Å². The number of imidazole rings is 1. The van der Waals surface area contributed by atoms with Gasteiger partial charge in [0.1, 0.15) is 12.4 Å². The molecule has 0 radical (unpaired) electrons. The fourth-order valence-electron chi connectivity index (χ4n) is 1.66. The summed E-state index contributed by atoms with van der Waals surface area (Å²) in [4.78, 5) is 3.97. The van der Waals surface area contributed by atoms with E-state index in [0.717, 1.165) is 16.6 Å². The summed E-state index contributed by atoms with van der Waals surface area (Å²) < 4.78 is 8.57. The Balaban J connectivity index is 2.00. The summed E-state index contributed by atoms with van der Waals surface area (Å²) in [7, 11) is 0. The van der Waals surface area contributed by atoms with Gasteiger partial charge in [-0.15, -0.1) is 0 Å². The summed E-state index contributed by atoms with van der Waals surface area (Å²) >= 11 is 3.39. The average Bonchev–Trinajstić information content (AvgIpc) is 2.84. The molecule has 2 rings (SSSR count). The minimum absolute atomic E-state index is 0.539. The lowest BCUT2D eigenvalue weighted by Gasteiger charge is -2.14. The molecule has 0 aliphatic carbocycles. The molecule has 18 heavy (non-hydrogen) atoms. The predicted octanol–water partition coefficient (Wildman–Crippen LogP) is 2.78. The van der Waals surface area contributed by atoms with E-state index in [2.05, 4.69) is 20.9 Å². The van der Waals surface area contributed by atoms with E-state index in [1.165, 1.54) is 0 Å². The van der Waals surface area contributed by atoms with Crippen LogP contribution in [-0.2, 0) is 6.54 Å². The molecule has 1 aromatic heterocycles. The second kappa shape index (κ2) is 6.02. The molecule has 96 valence electrons. The molecule has 1 atom stereocenters. The number of hydrogen-bond acceptors (Lipinski definition) is 3. The Hall–Kier alpha value is -1.33. The molecule has 1 heterocycles. The van der Waals surface area contributed by atoms with Gasteiger partial charge in [-0.25, -0.2) is 4.98 Å². The van der Waals surface area contributed by atoms with Crippen LogP contribution in [0.15, 0.2) is 41.4 Å². The molecule has 0 amide bonds. The summed E-state index contributed by atoms with van der Waals surface area (Å²) in [5, 5.41) is 9.70. The summed E-state index contributed by atoms with van der Waals surface area (Å²) in [5.41, 5.74) is 0.787. The topological polar surface area (TPSA) is 47.3 Å². The van der Waals surface area contributed by atoms with Crippen molar-refractivity contribution >= 4 is 15.9 Å². The highest BCUT2D eigenvalue weighted by molar-refractivity contribution is 9.10. The van der Waals surface area contributed by atoms with Crippen molar-refractivity contribution in [1.29, 1.82) is 0 Å². The van der Waals surface area contributed by atoms with Crippen LogP contribution < -0.4 is 4.74 Å². The van der Waals surface area contributed by atoms with Crippen LogP contribution in [0.2, 0.25) is 0 Å². The first kappa shape index (κ1) is 13.1. The molecule has 1 unspecified atom stereocenters. The highest BCUT2D eigenvalue weighted by Crippen LogP contribution is 2.28. The van der Waals surface area contributed by atoms with E-state index in [-0.39, 0.29) is 0 Å². The molecular formula is C13H15BrN2O2. The van der Waals surface area contributed by atoms with E-state index in [0.29, 0.717) is 12.4 Å². The summed E-state index contributed by atoms with van der Waals surface area (Å²) in [6.45, 7) is 3.00. The van der Waals surface area contributed by atoms with Gasteiger partial charge in [-0.3, -0.25) is 0 Å². The zero-order chi connectivity index (χ0) is 13.0. The summed E-state index contributed by atoms with van der Waals surface area (Å²) in [6, 6.07) is 5.63. The predicted molar refractivity (Wildman–Crippen MR) is 72.5 cm³/mol. The van der Waals surface area contributed by atoms with Crippen molar-refractivity contribution in [3.63, 3.8) is 0 Å². The summed E-state index contributed by atoms with van der Waals surface area (Å²) in [5.74, 6) is 0.716. The highest BCUT2D eigenvalue weighted by atomic mass is 79.9. The number of halogens is 1. The van der Waals surface area contributed by atoms with Crippen molar-refractivity contribution in [3.05, 3.63) is 47.0 Å². The number of aliphatic hydroxyl groups excluding tert-OH is 1. The van der Waals surface area contributed by atoms with Gasteiger partial charge in [-0.1, -0.05) is 15.9 Å². The Bertz CT molecular complexity index is 498. The Morgan fingerprint density at radius 1 is 1.50 bits per heavy atom. The maximum Gasteiger partial charge on any atom is 0.125 e. The van der Waals surface area contributed by atoms with E-state index in [1.54, 1.807) is 19.4 Å². The van der Waals surface area contributed by atoms with Gasteiger partial charge in [0.05, 0.1) is 19.0 Å². The van der Waals surface area contributed by atoms with Crippen molar-refractivity contribution in [2.45, 2.75) is 19.6 Å². The Kier molecular flexibility index (Phi) is 4.38. The lowest BCUT2D eigenvalue weighted by atomic mass is 10.1. The van der Waals surface area contributed by atoms with E-state index in [4.69, 9.17) is 4.74 Å². The molecule has 0 fully saturated rings. The van der Waals surface area contributed by atoms with Gasteiger partial charge in [0.2, 0.25) is 0 Å². The largest absolute Gasteiger partial charge is 0.491 e. The van der Waals surface area contributed by atoms with Gasteiger partial charge < -0.3 is 14.4 Å². The first-order chi connectivity index (χ1) is 8.66. The zero-order valence-corrected chi connectivity index (χ0v) is 11.7. The van der Waals surface area contributed by atoms with Crippen molar-refractivity contribution < 1.29 is 9.84 Å². The normalized spacial score (nSPS) is 12.4. The lowest BCUT2D eigenvalue weighted by molar-refractivity contribution is 0.190. The smallest absolute Gasteiger partial charge is 0.125 e. The maximum atomic E-state index is 9.70. The summed E-state index contributed by atoms with van der Waals surface area (Å²) in [6.07, 6.45) is 4.83. The van der Waals surface area contributed by atoms with E-state index < -0.39 is 6.10 Å². The number of rotatable bonds is 5. The number of nitrogens with zero attached hydrogens (tertiary/aromatic N) is 2. The SMILES string of the molecule is CC(O)c1cc(Br)ccc1OCCn1ccnc1. The third-order valence-electron chi connectivity index (χ3n) is 2.59. The number of aromatic nitrogens is 2. The maximum absolute atomic E-state index is 9.70. The van der Waals surface area contributed by atoms with E-state index in [9.17, 15) is 5.11 Å². The molecule has 0 spiro atoms. The van der Waals surface area contributed by atoms with Crippen molar-refractivity contribution in [2.24, 2.45) is 0 Å². The van der Waals surface area contributed by atoms with Crippen LogP contribution in [0.1, 0.15) is 18.6 Å². The van der Waals surface area contributed by atoms with Gasteiger partial charge in [0.25, 0.3) is 0 Å². The molecule has 1 aromatic carbocycles. The number of hydrogen-bond donors (Lipinski definition) is 1. The molecule has 4 nitrogen and oxygen atoms in total.